The number of thiophene rings is 1. The molecule has 0 unspecified atom stereocenters. The van der Waals surface area contributed by atoms with Crippen molar-refractivity contribution in [1.29, 1.82) is 0 Å². The Morgan fingerprint density at radius 2 is 1.04 bits per heavy atom. The van der Waals surface area contributed by atoms with Gasteiger partial charge >= 0.3 is 0 Å². The number of hydrogen-bond donors (Lipinski definition) is 0. The number of fused-ring (bicyclic) bond motifs is 5. The molecule has 3 heterocycles. The van der Waals surface area contributed by atoms with Crippen molar-refractivity contribution in [3.05, 3.63) is 158 Å². The largest absolute Gasteiger partial charge is 0.436 e. The third-order valence-electron chi connectivity index (χ3n) is 9.18. The average molecular weight is 659 g/mol. The van der Waals surface area contributed by atoms with Crippen LogP contribution in [0.1, 0.15) is 0 Å². The minimum Gasteiger partial charge on any atom is -0.436 e. The molecular weight excluding hydrogens is 633 g/mol. The first kappa shape index (κ1) is 28.5. The van der Waals surface area contributed by atoms with Crippen molar-refractivity contribution >= 4 is 53.4 Å². The highest BCUT2D eigenvalue weighted by Crippen LogP contribution is 2.42. The molecule has 0 aliphatic rings. The second-order valence-electron chi connectivity index (χ2n) is 12.3. The molecule has 0 atom stereocenters. The van der Waals surface area contributed by atoms with Crippen molar-refractivity contribution in [2.45, 2.75) is 0 Å². The number of nitrogens with zero attached hydrogens (tertiary/aromatic N) is 4. The molecule has 0 saturated carbocycles. The fourth-order valence-corrected chi connectivity index (χ4v) is 7.90. The third-order valence-corrected chi connectivity index (χ3v) is 10.3. The lowest BCUT2D eigenvalue weighted by Crippen LogP contribution is -2.00. The van der Waals surface area contributed by atoms with E-state index in [1.54, 1.807) is 11.3 Å². The maximum Gasteiger partial charge on any atom is 0.227 e. The van der Waals surface area contributed by atoms with Crippen LogP contribution in [-0.2, 0) is 0 Å². The van der Waals surface area contributed by atoms with Gasteiger partial charge in [-0.25, -0.2) is 19.9 Å². The van der Waals surface area contributed by atoms with E-state index < -0.39 is 0 Å². The van der Waals surface area contributed by atoms with E-state index in [9.17, 15) is 0 Å². The number of oxazole rings is 1. The molecule has 0 radical (unpaired) electrons. The number of hydrogen-bond acceptors (Lipinski definition) is 6. The third kappa shape index (κ3) is 4.85. The molecule has 0 aliphatic carbocycles. The first-order valence-electron chi connectivity index (χ1n) is 16.5. The van der Waals surface area contributed by atoms with Gasteiger partial charge in [0.2, 0.25) is 5.89 Å². The van der Waals surface area contributed by atoms with Crippen molar-refractivity contribution in [1.82, 2.24) is 19.9 Å². The lowest BCUT2D eigenvalue weighted by Gasteiger charge is -2.11. The van der Waals surface area contributed by atoms with Crippen LogP contribution in [0.15, 0.2) is 162 Å². The Morgan fingerprint density at radius 3 is 1.84 bits per heavy atom. The Kier molecular flexibility index (Phi) is 6.60. The van der Waals surface area contributed by atoms with Gasteiger partial charge in [-0.3, -0.25) is 0 Å². The van der Waals surface area contributed by atoms with Gasteiger partial charge in [0, 0.05) is 42.4 Å². The molecule has 5 nitrogen and oxygen atoms in total. The fourth-order valence-electron chi connectivity index (χ4n) is 6.76. The van der Waals surface area contributed by atoms with Crippen LogP contribution in [0.25, 0.3) is 98.8 Å². The lowest BCUT2D eigenvalue weighted by molar-refractivity contribution is 0.620. The monoisotopic (exact) mass is 658 g/mol. The summed E-state index contributed by atoms with van der Waals surface area (Å²) >= 11 is 1.74. The predicted molar refractivity (Wildman–Crippen MR) is 205 cm³/mol. The maximum absolute atomic E-state index is 6.30. The molecule has 50 heavy (non-hydrogen) atoms. The quantitative estimate of drug-likeness (QED) is 0.184. The van der Waals surface area contributed by atoms with Crippen LogP contribution in [0.5, 0.6) is 0 Å². The van der Waals surface area contributed by atoms with Gasteiger partial charge in [-0.1, -0.05) is 127 Å². The Hall–Kier alpha value is -6.50. The molecule has 0 bridgehead atoms. The van der Waals surface area contributed by atoms with E-state index in [4.69, 9.17) is 24.4 Å². The summed E-state index contributed by atoms with van der Waals surface area (Å²) in [6.45, 7) is 0. The summed E-state index contributed by atoms with van der Waals surface area (Å²) < 4.78 is 8.58. The Bertz CT molecular complexity index is 2860. The fraction of sp³-hybridized carbons (Fsp3) is 0. The predicted octanol–water partition coefficient (Wildman–Crippen LogP) is 11.9. The second-order valence-corrected chi connectivity index (χ2v) is 13.3. The van der Waals surface area contributed by atoms with E-state index in [2.05, 4.69) is 97.1 Å². The van der Waals surface area contributed by atoms with Crippen molar-refractivity contribution in [2.75, 3.05) is 0 Å². The van der Waals surface area contributed by atoms with E-state index in [-0.39, 0.29) is 0 Å². The smallest absolute Gasteiger partial charge is 0.227 e. The molecule has 0 saturated heterocycles. The van der Waals surface area contributed by atoms with Crippen molar-refractivity contribution in [3.63, 3.8) is 0 Å². The normalized spacial score (nSPS) is 11.6. The minimum absolute atomic E-state index is 0.615. The summed E-state index contributed by atoms with van der Waals surface area (Å²) in [6.07, 6.45) is 0. The number of aromatic nitrogens is 4. The van der Waals surface area contributed by atoms with Gasteiger partial charge in [-0.05, 0) is 52.2 Å². The first-order valence-corrected chi connectivity index (χ1v) is 17.3. The van der Waals surface area contributed by atoms with E-state index in [1.165, 1.54) is 16.3 Å². The van der Waals surface area contributed by atoms with Crippen molar-refractivity contribution in [3.8, 4) is 56.7 Å². The second kappa shape index (κ2) is 11.6. The number of rotatable bonds is 5. The summed E-state index contributed by atoms with van der Waals surface area (Å²) in [7, 11) is 0. The van der Waals surface area contributed by atoms with E-state index >= 15 is 0 Å². The molecule has 0 aliphatic heterocycles. The Labute approximate surface area is 291 Å². The van der Waals surface area contributed by atoms with E-state index in [0.717, 1.165) is 59.1 Å². The van der Waals surface area contributed by atoms with Gasteiger partial charge < -0.3 is 4.42 Å². The minimum atomic E-state index is 0.615. The molecule has 0 fully saturated rings. The van der Waals surface area contributed by atoms with E-state index in [1.807, 2.05) is 60.7 Å². The summed E-state index contributed by atoms with van der Waals surface area (Å²) in [5, 5.41) is 4.63. The Morgan fingerprint density at radius 1 is 0.420 bits per heavy atom. The van der Waals surface area contributed by atoms with Crippen LogP contribution < -0.4 is 0 Å². The lowest BCUT2D eigenvalue weighted by atomic mass is 9.97. The molecule has 10 aromatic rings. The zero-order valence-electron chi connectivity index (χ0n) is 26.6. The zero-order chi connectivity index (χ0) is 33.0. The molecule has 0 spiro atoms. The molecule has 0 N–H and O–H groups in total. The van der Waals surface area contributed by atoms with Gasteiger partial charge in [-0.15, -0.1) is 11.3 Å². The van der Waals surface area contributed by atoms with Crippen LogP contribution in [-0.4, -0.2) is 19.9 Å². The first-order chi connectivity index (χ1) is 24.7. The molecule has 3 aromatic heterocycles. The van der Waals surface area contributed by atoms with Gasteiger partial charge in [0.05, 0.1) is 0 Å². The molecule has 7 aromatic carbocycles. The van der Waals surface area contributed by atoms with E-state index in [0.29, 0.717) is 23.4 Å². The van der Waals surface area contributed by atoms with Gasteiger partial charge in [0.1, 0.15) is 5.52 Å². The van der Waals surface area contributed by atoms with Crippen LogP contribution >= 0.6 is 11.3 Å². The highest BCUT2D eigenvalue weighted by Gasteiger charge is 2.19. The van der Waals surface area contributed by atoms with Crippen molar-refractivity contribution < 1.29 is 4.42 Å². The van der Waals surface area contributed by atoms with Crippen LogP contribution in [0.3, 0.4) is 0 Å². The SMILES string of the molecule is c1ccc(-c2nc(-c3ccc(-c4cccc5ccccc45)cc3)nc(-c3cccc4sc5cc6nc(-c7ccccc7)oc6cc5c34)n2)cc1. The van der Waals surface area contributed by atoms with Gasteiger partial charge in [0.15, 0.2) is 23.1 Å². The number of benzene rings is 7. The van der Waals surface area contributed by atoms with Crippen LogP contribution in [0.2, 0.25) is 0 Å². The molecule has 10 rings (SSSR count). The molecule has 234 valence electrons. The van der Waals surface area contributed by atoms with Gasteiger partial charge in [0.25, 0.3) is 0 Å². The molecular formula is C44H26N4OS. The maximum atomic E-state index is 6.30. The summed E-state index contributed by atoms with van der Waals surface area (Å²) in [5.41, 5.74) is 7.69. The highest BCUT2D eigenvalue weighted by molar-refractivity contribution is 7.26. The van der Waals surface area contributed by atoms with Gasteiger partial charge in [-0.2, -0.15) is 0 Å². The highest BCUT2D eigenvalue weighted by atomic mass is 32.1. The summed E-state index contributed by atoms with van der Waals surface area (Å²) in [4.78, 5) is 20.1. The average Bonchev–Trinajstić information content (AvgIpc) is 3.78. The molecule has 0 amide bonds. The standard InChI is InChI=1S/C44H26N4OS/c1-3-12-29(13-4-1)41-46-42(30-23-21-28(22-24-30)33-18-9-16-27-11-7-8-17-32(27)33)48-43(47-41)34-19-10-20-38-40(34)35-25-37-36(26-39(35)50-38)45-44(49-37)31-14-5-2-6-15-31/h1-26H. The van der Waals surface area contributed by atoms with Crippen LogP contribution in [0.4, 0.5) is 0 Å². The van der Waals surface area contributed by atoms with Crippen molar-refractivity contribution in [2.24, 2.45) is 0 Å². The topological polar surface area (TPSA) is 64.7 Å². The molecule has 6 heteroatoms. The Balaban J connectivity index is 1.13. The summed E-state index contributed by atoms with van der Waals surface area (Å²) in [5.74, 6) is 2.49. The zero-order valence-corrected chi connectivity index (χ0v) is 27.4. The van der Waals surface area contributed by atoms with Crippen LogP contribution in [0, 0.1) is 0 Å². The summed E-state index contributed by atoms with van der Waals surface area (Å²) in [6, 6.07) is 54.1.